The lowest BCUT2D eigenvalue weighted by molar-refractivity contribution is 0.575. The summed E-state index contributed by atoms with van der Waals surface area (Å²) < 4.78 is 2.11. The summed E-state index contributed by atoms with van der Waals surface area (Å²) in [6.07, 6.45) is 2.76. The molecule has 0 radical (unpaired) electrons. The Morgan fingerprint density at radius 2 is 2.00 bits per heavy atom. The van der Waals surface area contributed by atoms with E-state index in [0.29, 0.717) is 0 Å². The molecule has 0 aliphatic carbocycles. The SMILES string of the molecule is CNC(Cc1cccc(Br)c1)c1ccc(Br)cn1. The summed E-state index contributed by atoms with van der Waals surface area (Å²) in [5, 5.41) is 3.31. The number of likely N-dealkylation sites (N-methyl/N-ethyl adjacent to an activating group) is 1. The lowest BCUT2D eigenvalue weighted by atomic mass is 10.0. The molecule has 2 rings (SSSR count). The van der Waals surface area contributed by atoms with Gasteiger partial charge in [0, 0.05) is 15.1 Å². The van der Waals surface area contributed by atoms with Gasteiger partial charge in [-0.3, -0.25) is 4.98 Å². The van der Waals surface area contributed by atoms with Gasteiger partial charge in [0.2, 0.25) is 0 Å². The van der Waals surface area contributed by atoms with Crippen LogP contribution in [0.25, 0.3) is 0 Å². The zero-order chi connectivity index (χ0) is 13.0. The van der Waals surface area contributed by atoms with Gasteiger partial charge in [0.25, 0.3) is 0 Å². The maximum Gasteiger partial charge on any atom is 0.0577 e. The van der Waals surface area contributed by atoms with Crippen LogP contribution >= 0.6 is 31.9 Å². The van der Waals surface area contributed by atoms with Crippen molar-refractivity contribution in [1.29, 1.82) is 0 Å². The van der Waals surface area contributed by atoms with Crippen molar-refractivity contribution in [3.63, 3.8) is 0 Å². The number of nitrogens with one attached hydrogen (secondary N) is 1. The first-order chi connectivity index (χ1) is 8.69. The monoisotopic (exact) mass is 368 g/mol. The standard InChI is InChI=1S/C14H14Br2N2/c1-17-14(13-6-5-12(16)9-18-13)8-10-3-2-4-11(15)7-10/h2-7,9,14,17H,8H2,1H3. The quantitative estimate of drug-likeness (QED) is 0.877. The van der Waals surface area contributed by atoms with Crippen molar-refractivity contribution in [3.05, 3.63) is 62.8 Å². The van der Waals surface area contributed by atoms with E-state index >= 15 is 0 Å². The Labute approximate surface area is 124 Å². The highest BCUT2D eigenvalue weighted by atomic mass is 79.9. The third-order valence-electron chi connectivity index (χ3n) is 2.78. The lowest BCUT2D eigenvalue weighted by Crippen LogP contribution is -2.19. The minimum absolute atomic E-state index is 0.229. The highest BCUT2D eigenvalue weighted by Crippen LogP contribution is 2.20. The minimum Gasteiger partial charge on any atom is -0.311 e. The van der Waals surface area contributed by atoms with Crippen molar-refractivity contribution in [3.8, 4) is 0 Å². The fourth-order valence-corrected chi connectivity index (χ4v) is 2.53. The molecule has 1 heterocycles. The number of halogens is 2. The molecule has 0 amide bonds. The van der Waals surface area contributed by atoms with Gasteiger partial charge < -0.3 is 5.32 Å². The summed E-state index contributed by atoms with van der Waals surface area (Å²) in [4.78, 5) is 4.45. The maximum atomic E-state index is 4.45. The minimum atomic E-state index is 0.229. The molecule has 4 heteroatoms. The van der Waals surface area contributed by atoms with Gasteiger partial charge in [0.1, 0.15) is 0 Å². The number of nitrogens with zero attached hydrogens (tertiary/aromatic N) is 1. The second-order valence-electron chi connectivity index (χ2n) is 4.08. The second kappa shape index (κ2) is 6.45. The number of hydrogen-bond acceptors (Lipinski definition) is 2. The van der Waals surface area contributed by atoms with Gasteiger partial charge in [-0.2, -0.15) is 0 Å². The summed E-state index contributed by atoms with van der Waals surface area (Å²) in [5.41, 5.74) is 2.34. The van der Waals surface area contributed by atoms with Crippen LogP contribution in [0.1, 0.15) is 17.3 Å². The van der Waals surface area contributed by atoms with Gasteiger partial charge in [-0.15, -0.1) is 0 Å². The predicted molar refractivity (Wildman–Crippen MR) is 81.6 cm³/mol. The van der Waals surface area contributed by atoms with E-state index in [1.165, 1.54) is 5.56 Å². The lowest BCUT2D eigenvalue weighted by Gasteiger charge is -2.16. The molecule has 1 aromatic heterocycles. The Morgan fingerprint density at radius 3 is 2.61 bits per heavy atom. The van der Waals surface area contributed by atoms with Crippen molar-refractivity contribution in [2.24, 2.45) is 0 Å². The summed E-state index contributed by atoms with van der Waals surface area (Å²) in [5.74, 6) is 0. The van der Waals surface area contributed by atoms with Crippen LogP contribution in [0.4, 0.5) is 0 Å². The Kier molecular flexibility index (Phi) is 4.92. The Bertz CT molecular complexity index is 511. The third-order valence-corrected chi connectivity index (χ3v) is 3.75. The molecule has 1 aromatic carbocycles. The molecular weight excluding hydrogens is 356 g/mol. The maximum absolute atomic E-state index is 4.45. The van der Waals surface area contributed by atoms with E-state index in [2.05, 4.69) is 60.4 Å². The first kappa shape index (κ1) is 13.7. The molecule has 18 heavy (non-hydrogen) atoms. The van der Waals surface area contributed by atoms with Crippen LogP contribution in [-0.2, 0) is 6.42 Å². The molecule has 1 N–H and O–H groups in total. The van der Waals surface area contributed by atoms with E-state index in [-0.39, 0.29) is 6.04 Å². The fourth-order valence-electron chi connectivity index (χ4n) is 1.85. The Morgan fingerprint density at radius 1 is 1.17 bits per heavy atom. The third kappa shape index (κ3) is 3.64. The van der Waals surface area contributed by atoms with Gasteiger partial charge in [-0.25, -0.2) is 0 Å². The second-order valence-corrected chi connectivity index (χ2v) is 5.91. The smallest absolute Gasteiger partial charge is 0.0577 e. The van der Waals surface area contributed by atoms with Crippen molar-refractivity contribution >= 4 is 31.9 Å². The van der Waals surface area contributed by atoms with Crippen LogP contribution in [-0.4, -0.2) is 12.0 Å². The molecule has 94 valence electrons. The van der Waals surface area contributed by atoms with Crippen LogP contribution in [0.3, 0.4) is 0 Å². The van der Waals surface area contributed by atoms with Crippen molar-refractivity contribution in [2.45, 2.75) is 12.5 Å². The average Bonchev–Trinajstić information content (AvgIpc) is 2.37. The number of pyridine rings is 1. The van der Waals surface area contributed by atoms with E-state index in [1.807, 2.05) is 31.4 Å². The van der Waals surface area contributed by atoms with E-state index < -0.39 is 0 Å². The molecule has 1 atom stereocenters. The summed E-state index contributed by atoms with van der Waals surface area (Å²) in [6, 6.07) is 12.7. The molecule has 0 aliphatic rings. The topological polar surface area (TPSA) is 24.9 Å². The molecule has 0 fully saturated rings. The number of aromatic nitrogens is 1. The van der Waals surface area contributed by atoms with Gasteiger partial charge in [-0.1, -0.05) is 28.1 Å². The Balaban J connectivity index is 2.17. The molecule has 0 bridgehead atoms. The van der Waals surface area contributed by atoms with Crippen molar-refractivity contribution in [2.75, 3.05) is 7.05 Å². The molecule has 0 saturated heterocycles. The van der Waals surface area contributed by atoms with Gasteiger partial charge in [-0.05, 0) is 59.2 Å². The molecule has 0 spiro atoms. The highest BCUT2D eigenvalue weighted by Gasteiger charge is 2.11. The molecule has 2 aromatic rings. The molecule has 2 nitrogen and oxygen atoms in total. The molecular formula is C14H14Br2N2. The summed E-state index contributed by atoms with van der Waals surface area (Å²) in [7, 11) is 1.96. The zero-order valence-corrected chi connectivity index (χ0v) is 13.2. The zero-order valence-electron chi connectivity index (χ0n) is 10.0. The summed E-state index contributed by atoms with van der Waals surface area (Å²) in [6.45, 7) is 0. The number of rotatable bonds is 4. The predicted octanol–water partition coefficient (Wildman–Crippen LogP) is 4.11. The van der Waals surface area contributed by atoms with Gasteiger partial charge in [0.05, 0.1) is 11.7 Å². The molecule has 0 saturated carbocycles. The molecule has 1 unspecified atom stereocenters. The van der Waals surface area contributed by atoms with E-state index in [0.717, 1.165) is 21.1 Å². The van der Waals surface area contributed by atoms with Crippen molar-refractivity contribution < 1.29 is 0 Å². The van der Waals surface area contributed by atoms with E-state index in [4.69, 9.17) is 0 Å². The first-order valence-electron chi connectivity index (χ1n) is 5.72. The normalized spacial score (nSPS) is 12.4. The largest absolute Gasteiger partial charge is 0.311 e. The van der Waals surface area contributed by atoms with Crippen LogP contribution < -0.4 is 5.32 Å². The highest BCUT2D eigenvalue weighted by molar-refractivity contribution is 9.10. The fraction of sp³-hybridized carbons (Fsp3) is 0.214. The van der Waals surface area contributed by atoms with Crippen LogP contribution in [0.2, 0.25) is 0 Å². The van der Waals surface area contributed by atoms with E-state index in [9.17, 15) is 0 Å². The van der Waals surface area contributed by atoms with Crippen molar-refractivity contribution in [1.82, 2.24) is 10.3 Å². The number of hydrogen-bond donors (Lipinski definition) is 1. The Hall–Kier alpha value is -0.710. The van der Waals surface area contributed by atoms with Crippen LogP contribution in [0.5, 0.6) is 0 Å². The summed E-state index contributed by atoms with van der Waals surface area (Å²) >= 11 is 6.90. The van der Waals surface area contributed by atoms with E-state index in [1.54, 1.807) is 0 Å². The van der Waals surface area contributed by atoms with Crippen LogP contribution in [0.15, 0.2) is 51.5 Å². The first-order valence-corrected chi connectivity index (χ1v) is 7.31. The molecule has 0 aliphatic heterocycles. The van der Waals surface area contributed by atoms with Gasteiger partial charge >= 0.3 is 0 Å². The van der Waals surface area contributed by atoms with Gasteiger partial charge in [0.15, 0.2) is 0 Å². The average molecular weight is 370 g/mol. The number of benzene rings is 1. The van der Waals surface area contributed by atoms with Crippen LogP contribution in [0, 0.1) is 0 Å².